The SMILES string of the molecule is N#Cc1cccc(Nc2ccc(NS(=O)(=O)c3cccs3)nn2)c1. The highest BCUT2D eigenvalue weighted by Crippen LogP contribution is 2.20. The van der Waals surface area contributed by atoms with E-state index in [0.29, 0.717) is 17.1 Å². The van der Waals surface area contributed by atoms with Crippen LogP contribution in [-0.2, 0) is 10.0 Å². The summed E-state index contributed by atoms with van der Waals surface area (Å²) >= 11 is 1.12. The Bertz CT molecular complexity index is 977. The summed E-state index contributed by atoms with van der Waals surface area (Å²) in [5.74, 6) is 0.559. The van der Waals surface area contributed by atoms with Gasteiger partial charge in [-0.25, -0.2) is 8.42 Å². The zero-order valence-electron chi connectivity index (χ0n) is 12.2. The first-order valence-electron chi connectivity index (χ1n) is 6.74. The Morgan fingerprint density at radius 2 is 1.83 bits per heavy atom. The molecular formula is C15H11N5O2S2. The van der Waals surface area contributed by atoms with E-state index in [1.54, 1.807) is 41.8 Å². The summed E-state index contributed by atoms with van der Waals surface area (Å²) in [6, 6.07) is 15.2. The van der Waals surface area contributed by atoms with Gasteiger partial charge in [-0.05, 0) is 41.8 Å². The number of rotatable bonds is 5. The fourth-order valence-electron chi connectivity index (χ4n) is 1.87. The molecule has 3 rings (SSSR count). The number of nitrogens with one attached hydrogen (secondary N) is 2. The Morgan fingerprint density at radius 1 is 1.04 bits per heavy atom. The third-order valence-corrected chi connectivity index (χ3v) is 5.68. The van der Waals surface area contributed by atoms with Gasteiger partial charge in [-0.15, -0.1) is 21.5 Å². The van der Waals surface area contributed by atoms with Crippen LogP contribution in [0.4, 0.5) is 17.3 Å². The fourth-order valence-corrected chi connectivity index (χ4v) is 3.86. The van der Waals surface area contributed by atoms with Gasteiger partial charge >= 0.3 is 0 Å². The molecule has 0 bridgehead atoms. The van der Waals surface area contributed by atoms with E-state index in [1.165, 1.54) is 12.1 Å². The number of aromatic nitrogens is 2. The molecule has 1 aromatic carbocycles. The van der Waals surface area contributed by atoms with Crippen molar-refractivity contribution >= 4 is 38.7 Å². The summed E-state index contributed by atoms with van der Waals surface area (Å²) in [6.45, 7) is 0. The Balaban J connectivity index is 1.73. The van der Waals surface area contributed by atoms with E-state index >= 15 is 0 Å². The summed E-state index contributed by atoms with van der Waals surface area (Å²) in [5, 5.41) is 21.3. The maximum Gasteiger partial charge on any atom is 0.272 e. The predicted molar refractivity (Wildman–Crippen MR) is 91.6 cm³/mol. The summed E-state index contributed by atoms with van der Waals surface area (Å²) in [6.07, 6.45) is 0. The van der Waals surface area contributed by atoms with Gasteiger partial charge in [0.2, 0.25) is 0 Å². The van der Waals surface area contributed by atoms with Crippen LogP contribution in [0.2, 0.25) is 0 Å². The summed E-state index contributed by atoms with van der Waals surface area (Å²) in [4.78, 5) is 0. The van der Waals surface area contributed by atoms with Gasteiger partial charge < -0.3 is 5.32 Å². The lowest BCUT2D eigenvalue weighted by Gasteiger charge is -2.07. The van der Waals surface area contributed by atoms with Crippen molar-refractivity contribution in [2.45, 2.75) is 4.21 Å². The third-order valence-electron chi connectivity index (χ3n) is 2.93. The molecular weight excluding hydrogens is 346 g/mol. The zero-order valence-corrected chi connectivity index (χ0v) is 13.8. The number of nitrogens with zero attached hydrogens (tertiary/aromatic N) is 3. The van der Waals surface area contributed by atoms with Crippen LogP contribution >= 0.6 is 11.3 Å². The van der Waals surface area contributed by atoms with E-state index in [0.717, 1.165) is 11.3 Å². The first-order chi connectivity index (χ1) is 11.6. The molecule has 0 fully saturated rings. The molecule has 0 unspecified atom stereocenters. The molecule has 0 aliphatic rings. The minimum Gasteiger partial charge on any atom is -0.339 e. The second-order valence-corrected chi connectivity index (χ2v) is 7.52. The number of benzene rings is 1. The molecule has 0 aliphatic carbocycles. The standard InChI is InChI=1S/C15H11N5O2S2/c16-10-11-3-1-4-12(9-11)17-13-6-7-14(19-18-13)20-24(21,22)15-5-2-8-23-15/h1-9H,(H,17,18)(H,19,20). The van der Waals surface area contributed by atoms with Crippen LogP contribution in [0.15, 0.2) is 58.1 Å². The molecule has 24 heavy (non-hydrogen) atoms. The summed E-state index contributed by atoms with van der Waals surface area (Å²) in [5.41, 5.74) is 1.21. The Kier molecular flexibility index (Phi) is 4.41. The normalized spacial score (nSPS) is 10.8. The minimum atomic E-state index is -3.64. The van der Waals surface area contributed by atoms with Crippen molar-refractivity contribution in [3.05, 3.63) is 59.5 Å². The average molecular weight is 357 g/mol. The molecule has 2 aromatic heterocycles. The maximum atomic E-state index is 12.1. The van der Waals surface area contributed by atoms with Crippen LogP contribution in [0.25, 0.3) is 0 Å². The molecule has 0 atom stereocenters. The van der Waals surface area contributed by atoms with E-state index in [4.69, 9.17) is 5.26 Å². The topological polar surface area (TPSA) is 108 Å². The average Bonchev–Trinajstić information content (AvgIpc) is 3.12. The molecule has 9 heteroatoms. The van der Waals surface area contributed by atoms with Gasteiger partial charge in [0.25, 0.3) is 10.0 Å². The van der Waals surface area contributed by atoms with Crippen LogP contribution in [0, 0.1) is 11.3 Å². The number of thiophene rings is 1. The van der Waals surface area contributed by atoms with Crippen LogP contribution in [0.1, 0.15) is 5.56 Å². The van der Waals surface area contributed by atoms with Gasteiger partial charge in [0.1, 0.15) is 4.21 Å². The molecule has 2 heterocycles. The van der Waals surface area contributed by atoms with Crippen molar-refractivity contribution < 1.29 is 8.42 Å². The van der Waals surface area contributed by atoms with Crippen molar-refractivity contribution in [3.8, 4) is 6.07 Å². The van der Waals surface area contributed by atoms with E-state index in [9.17, 15) is 8.42 Å². The Labute approximate surface area is 142 Å². The molecule has 0 saturated heterocycles. The first kappa shape index (κ1) is 15.9. The smallest absolute Gasteiger partial charge is 0.272 e. The zero-order chi connectivity index (χ0) is 17.0. The second-order valence-electron chi connectivity index (χ2n) is 4.66. The van der Waals surface area contributed by atoms with Crippen molar-refractivity contribution in [2.75, 3.05) is 10.0 Å². The molecule has 120 valence electrons. The Morgan fingerprint density at radius 3 is 2.50 bits per heavy atom. The third kappa shape index (κ3) is 3.68. The van der Waals surface area contributed by atoms with Gasteiger partial charge in [0.15, 0.2) is 11.6 Å². The molecule has 0 spiro atoms. The number of hydrogen-bond acceptors (Lipinski definition) is 7. The van der Waals surface area contributed by atoms with Gasteiger partial charge in [-0.3, -0.25) is 4.72 Å². The van der Waals surface area contributed by atoms with Gasteiger partial charge in [-0.1, -0.05) is 12.1 Å². The molecule has 0 saturated carbocycles. The van der Waals surface area contributed by atoms with Gasteiger partial charge in [0, 0.05) is 5.69 Å². The van der Waals surface area contributed by atoms with Crippen molar-refractivity contribution in [1.82, 2.24) is 10.2 Å². The molecule has 7 nitrogen and oxygen atoms in total. The highest BCUT2D eigenvalue weighted by molar-refractivity contribution is 7.94. The van der Waals surface area contributed by atoms with E-state index in [2.05, 4.69) is 20.2 Å². The monoisotopic (exact) mass is 357 g/mol. The molecule has 0 radical (unpaired) electrons. The number of hydrogen-bond donors (Lipinski definition) is 2. The van der Waals surface area contributed by atoms with Crippen LogP contribution in [-0.4, -0.2) is 18.6 Å². The second kappa shape index (κ2) is 6.66. The number of sulfonamides is 1. The predicted octanol–water partition coefficient (Wildman–Crippen LogP) is 2.95. The summed E-state index contributed by atoms with van der Waals surface area (Å²) < 4.78 is 26.8. The first-order valence-corrected chi connectivity index (χ1v) is 9.10. The highest BCUT2D eigenvalue weighted by atomic mass is 32.2. The van der Waals surface area contributed by atoms with Crippen LogP contribution < -0.4 is 10.0 Å². The molecule has 0 aliphatic heterocycles. The van der Waals surface area contributed by atoms with E-state index in [-0.39, 0.29) is 10.0 Å². The van der Waals surface area contributed by atoms with Gasteiger partial charge in [0.05, 0.1) is 11.6 Å². The number of nitriles is 1. The van der Waals surface area contributed by atoms with Crippen molar-refractivity contribution in [3.63, 3.8) is 0 Å². The van der Waals surface area contributed by atoms with Crippen molar-refractivity contribution in [1.29, 1.82) is 5.26 Å². The van der Waals surface area contributed by atoms with Crippen LogP contribution in [0.5, 0.6) is 0 Å². The lowest BCUT2D eigenvalue weighted by atomic mass is 10.2. The Hall–Kier alpha value is -2.96. The molecule has 3 aromatic rings. The lowest BCUT2D eigenvalue weighted by molar-refractivity contribution is 0.603. The van der Waals surface area contributed by atoms with E-state index < -0.39 is 10.0 Å². The quantitative estimate of drug-likeness (QED) is 0.727. The summed E-state index contributed by atoms with van der Waals surface area (Å²) in [7, 11) is -3.64. The molecule has 2 N–H and O–H groups in total. The highest BCUT2D eigenvalue weighted by Gasteiger charge is 2.15. The van der Waals surface area contributed by atoms with Crippen molar-refractivity contribution in [2.24, 2.45) is 0 Å². The largest absolute Gasteiger partial charge is 0.339 e. The minimum absolute atomic E-state index is 0.125. The van der Waals surface area contributed by atoms with Gasteiger partial charge in [-0.2, -0.15) is 5.26 Å². The lowest BCUT2D eigenvalue weighted by Crippen LogP contribution is -2.13. The number of anilines is 3. The molecule has 0 amide bonds. The maximum absolute atomic E-state index is 12.1. The van der Waals surface area contributed by atoms with E-state index in [1.807, 2.05) is 6.07 Å². The fraction of sp³-hybridized carbons (Fsp3) is 0. The van der Waals surface area contributed by atoms with Crippen LogP contribution in [0.3, 0.4) is 0 Å².